The van der Waals surface area contributed by atoms with E-state index in [9.17, 15) is 14.4 Å². The highest BCUT2D eigenvalue weighted by molar-refractivity contribution is 5.99. The summed E-state index contributed by atoms with van der Waals surface area (Å²) in [4.78, 5) is 42.2. The molecule has 0 aliphatic rings. The smallest absolute Gasteiger partial charge is 0.265 e. The Morgan fingerprint density at radius 2 is 1.64 bits per heavy atom. The van der Waals surface area contributed by atoms with Gasteiger partial charge in [0.1, 0.15) is 5.82 Å². The normalized spacial score (nSPS) is 10.8. The molecule has 0 atom stereocenters. The first kappa shape index (κ1) is 22.0. The van der Waals surface area contributed by atoms with Gasteiger partial charge in [-0.2, -0.15) is 0 Å². The number of nitrogens with zero attached hydrogens (tertiary/aromatic N) is 2. The van der Waals surface area contributed by atoms with Crippen molar-refractivity contribution in [2.75, 3.05) is 11.9 Å². The van der Waals surface area contributed by atoms with Gasteiger partial charge in [-0.1, -0.05) is 24.3 Å². The third-order valence-corrected chi connectivity index (χ3v) is 5.62. The summed E-state index contributed by atoms with van der Waals surface area (Å²) in [7, 11) is 0. The molecule has 0 fully saturated rings. The minimum atomic E-state index is -0.377. The Kier molecular flexibility index (Phi) is 6.04. The molecule has 166 valence electrons. The van der Waals surface area contributed by atoms with Gasteiger partial charge in [0.05, 0.1) is 23.1 Å². The number of hydrogen-bond donors (Lipinski definition) is 2. The van der Waals surface area contributed by atoms with Gasteiger partial charge >= 0.3 is 0 Å². The van der Waals surface area contributed by atoms with E-state index in [4.69, 9.17) is 0 Å². The van der Waals surface area contributed by atoms with Crippen molar-refractivity contribution in [3.8, 4) is 5.69 Å². The highest BCUT2D eigenvalue weighted by atomic mass is 16.2. The molecule has 0 saturated heterocycles. The van der Waals surface area contributed by atoms with Gasteiger partial charge in [-0.15, -0.1) is 0 Å². The predicted molar refractivity (Wildman–Crippen MR) is 129 cm³/mol. The predicted octanol–water partition coefficient (Wildman–Crippen LogP) is 3.68. The lowest BCUT2D eigenvalue weighted by atomic mass is 10.1. The summed E-state index contributed by atoms with van der Waals surface area (Å²) in [6.45, 7) is 5.52. The van der Waals surface area contributed by atoms with E-state index in [0.29, 0.717) is 28.0 Å². The summed E-state index contributed by atoms with van der Waals surface area (Å²) in [5, 5.41) is 5.97. The second-order valence-corrected chi connectivity index (χ2v) is 7.84. The molecule has 0 unspecified atom stereocenters. The summed E-state index contributed by atoms with van der Waals surface area (Å²) in [6, 6.07) is 19.5. The molecule has 7 heteroatoms. The van der Waals surface area contributed by atoms with Crippen LogP contribution in [-0.2, 0) is 4.79 Å². The Labute approximate surface area is 191 Å². The second-order valence-electron chi connectivity index (χ2n) is 7.84. The third-order valence-electron chi connectivity index (χ3n) is 5.62. The SMILES string of the molecule is Cc1cccc(NC(=O)CNC(=O)c2ccc(-n3c(C)nc4ccccc4c3=O)cc2)c1C. The molecule has 4 rings (SSSR count). The van der Waals surface area contributed by atoms with Crippen LogP contribution >= 0.6 is 0 Å². The van der Waals surface area contributed by atoms with Crippen LogP contribution in [0, 0.1) is 20.8 Å². The average molecular weight is 441 g/mol. The number of rotatable bonds is 5. The number of hydrogen-bond acceptors (Lipinski definition) is 4. The zero-order chi connectivity index (χ0) is 23.5. The lowest BCUT2D eigenvalue weighted by Gasteiger charge is -2.12. The van der Waals surface area contributed by atoms with Crippen LogP contribution in [0.2, 0.25) is 0 Å². The van der Waals surface area contributed by atoms with Gasteiger partial charge in [0.25, 0.3) is 11.5 Å². The first-order chi connectivity index (χ1) is 15.8. The van der Waals surface area contributed by atoms with Crippen molar-refractivity contribution in [3.05, 3.63) is 99.6 Å². The topological polar surface area (TPSA) is 93.1 Å². The van der Waals surface area contributed by atoms with Gasteiger partial charge in [0.2, 0.25) is 5.91 Å². The molecule has 0 bridgehead atoms. The Hall–Kier alpha value is -4.26. The molecule has 7 nitrogen and oxygen atoms in total. The minimum absolute atomic E-state index is 0.152. The van der Waals surface area contributed by atoms with E-state index in [-0.39, 0.29) is 23.9 Å². The fraction of sp³-hybridized carbons (Fsp3) is 0.154. The molecule has 0 aliphatic carbocycles. The Morgan fingerprint density at radius 3 is 2.39 bits per heavy atom. The number of anilines is 1. The van der Waals surface area contributed by atoms with Crippen LogP contribution in [0.15, 0.2) is 71.5 Å². The monoisotopic (exact) mass is 440 g/mol. The van der Waals surface area contributed by atoms with Crippen molar-refractivity contribution < 1.29 is 9.59 Å². The van der Waals surface area contributed by atoms with Gasteiger partial charge in [0, 0.05) is 11.3 Å². The molecule has 1 aromatic heterocycles. The quantitative estimate of drug-likeness (QED) is 0.495. The molecule has 2 amide bonds. The highest BCUT2D eigenvalue weighted by Crippen LogP contribution is 2.18. The number of amides is 2. The summed E-state index contributed by atoms with van der Waals surface area (Å²) in [5.41, 5.74) is 4.26. The van der Waals surface area contributed by atoms with Gasteiger partial charge in [-0.05, 0) is 74.4 Å². The molecule has 4 aromatic rings. The zero-order valence-electron chi connectivity index (χ0n) is 18.7. The maximum absolute atomic E-state index is 12.9. The fourth-order valence-electron chi connectivity index (χ4n) is 3.65. The molecule has 1 heterocycles. The fourth-order valence-corrected chi connectivity index (χ4v) is 3.65. The molecule has 0 spiro atoms. The van der Waals surface area contributed by atoms with E-state index in [0.717, 1.165) is 16.8 Å². The van der Waals surface area contributed by atoms with Crippen molar-refractivity contribution in [1.29, 1.82) is 0 Å². The molecule has 33 heavy (non-hydrogen) atoms. The molecule has 0 radical (unpaired) electrons. The van der Waals surface area contributed by atoms with Crippen LogP contribution in [0.3, 0.4) is 0 Å². The maximum Gasteiger partial charge on any atom is 0.265 e. The Bertz CT molecular complexity index is 1420. The number of para-hydroxylation sites is 1. The van der Waals surface area contributed by atoms with Crippen molar-refractivity contribution >= 4 is 28.4 Å². The molecule has 2 N–H and O–H groups in total. The standard InChI is InChI=1S/C26H24N4O3/c1-16-7-6-10-22(17(16)2)29-24(31)15-27-25(32)19-11-13-20(14-12-19)30-18(3)28-23-9-5-4-8-21(23)26(30)33/h4-14H,15H2,1-3H3,(H,27,32)(H,29,31). The molecule has 3 aromatic carbocycles. The first-order valence-corrected chi connectivity index (χ1v) is 10.6. The van der Waals surface area contributed by atoms with E-state index in [1.54, 1.807) is 49.4 Å². The summed E-state index contributed by atoms with van der Waals surface area (Å²) >= 11 is 0. The van der Waals surface area contributed by atoms with Crippen molar-refractivity contribution in [2.45, 2.75) is 20.8 Å². The van der Waals surface area contributed by atoms with Crippen molar-refractivity contribution in [1.82, 2.24) is 14.9 Å². The largest absolute Gasteiger partial charge is 0.343 e. The van der Waals surface area contributed by atoms with E-state index >= 15 is 0 Å². The van der Waals surface area contributed by atoms with E-state index in [1.165, 1.54) is 4.57 Å². The van der Waals surface area contributed by atoms with E-state index in [2.05, 4.69) is 15.6 Å². The Morgan fingerprint density at radius 1 is 0.909 bits per heavy atom. The lowest BCUT2D eigenvalue weighted by molar-refractivity contribution is -0.115. The second kappa shape index (κ2) is 9.08. The maximum atomic E-state index is 12.9. The Balaban J connectivity index is 1.46. The summed E-state index contributed by atoms with van der Waals surface area (Å²) in [6.07, 6.45) is 0. The van der Waals surface area contributed by atoms with Crippen LogP contribution in [0.4, 0.5) is 5.69 Å². The van der Waals surface area contributed by atoms with Crippen LogP contribution in [0.1, 0.15) is 27.3 Å². The lowest BCUT2D eigenvalue weighted by Crippen LogP contribution is -2.33. The number of aryl methyl sites for hydroxylation is 2. The van der Waals surface area contributed by atoms with Gasteiger partial charge in [-0.3, -0.25) is 19.0 Å². The molecular weight excluding hydrogens is 416 g/mol. The number of carbonyl (C=O) groups excluding carboxylic acids is 2. The third kappa shape index (κ3) is 4.52. The summed E-state index contributed by atoms with van der Waals surface area (Å²) in [5.74, 6) is -0.129. The van der Waals surface area contributed by atoms with Crippen LogP contribution < -0.4 is 16.2 Å². The van der Waals surface area contributed by atoms with Crippen molar-refractivity contribution in [3.63, 3.8) is 0 Å². The minimum Gasteiger partial charge on any atom is -0.343 e. The molecule has 0 saturated carbocycles. The zero-order valence-corrected chi connectivity index (χ0v) is 18.7. The number of fused-ring (bicyclic) bond motifs is 1. The number of benzene rings is 3. The van der Waals surface area contributed by atoms with E-state index in [1.807, 2.05) is 38.1 Å². The molecule has 0 aliphatic heterocycles. The number of carbonyl (C=O) groups is 2. The molecular formula is C26H24N4O3. The average Bonchev–Trinajstić information content (AvgIpc) is 2.81. The number of nitrogens with one attached hydrogen (secondary N) is 2. The van der Waals surface area contributed by atoms with Crippen LogP contribution in [0.5, 0.6) is 0 Å². The van der Waals surface area contributed by atoms with Gasteiger partial charge in [-0.25, -0.2) is 4.98 Å². The van der Waals surface area contributed by atoms with Crippen LogP contribution in [-0.4, -0.2) is 27.9 Å². The van der Waals surface area contributed by atoms with Crippen LogP contribution in [0.25, 0.3) is 16.6 Å². The highest BCUT2D eigenvalue weighted by Gasteiger charge is 2.12. The summed E-state index contributed by atoms with van der Waals surface area (Å²) < 4.78 is 1.52. The number of aromatic nitrogens is 2. The first-order valence-electron chi connectivity index (χ1n) is 10.6. The van der Waals surface area contributed by atoms with Gasteiger partial charge in [0.15, 0.2) is 0 Å². The van der Waals surface area contributed by atoms with Gasteiger partial charge < -0.3 is 10.6 Å². The van der Waals surface area contributed by atoms with Crippen molar-refractivity contribution in [2.24, 2.45) is 0 Å². The van der Waals surface area contributed by atoms with E-state index < -0.39 is 0 Å².